The Balaban J connectivity index is 1.26. The summed E-state index contributed by atoms with van der Waals surface area (Å²) in [7, 11) is 1.95. The highest BCUT2D eigenvalue weighted by molar-refractivity contribution is 6.30. The molecule has 5 aromatic rings. The Labute approximate surface area is 213 Å². The van der Waals surface area contributed by atoms with Gasteiger partial charge in [-0.1, -0.05) is 11.6 Å². The molecule has 0 aliphatic heterocycles. The molecule has 0 atom stereocenters. The van der Waals surface area contributed by atoms with Gasteiger partial charge in [0.2, 0.25) is 5.95 Å². The van der Waals surface area contributed by atoms with Crippen LogP contribution >= 0.6 is 11.6 Å². The summed E-state index contributed by atoms with van der Waals surface area (Å²) in [5.74, 6) is 1.87. The minimum atomic E-state index is -0.00685. The van der Waals surface area contributed by atoms with Crippen LogP contribution in [-0.4, -0.2) is 25.3 Å². The number of nitrogens with zero attached hydrogens (tertiary/aromatic N) is 4. The number of aromatic nitrogens is 4. The van der Waals surface area contributed by atoms with E-state index in [1.54, 1.807) is 30.7 Å². The molecule has 0 aliphatic rings. The number of ketones is 1. The van der Waals surface area contributed by atoms with Gasteiger partial charge in [-0.25, -0.2) is 4.98 Å². The summed E-state index contributed by atoms with van der Waals surface area (Å²) in [4.78, 5) is 25.6. The molecule has 0 saturated carbocycles. The number of nitrogens with one attached hydrogen (secondary N) is 1. The Kier molecular flexibility index (Phi) is 6.91. The van der Waals surface area contributed by atoms with Crippen LogP contribution in [0.25, 0.3) is 11.0 Å². The smallest absolute Gasteiger partial charge is 0.208 e. The molecule has 0 aliphatic carbocycles. The minimum absolute atomic E-state index is 0.00685. The van der Waals surface area contributed by atoms with Crippen LogP contribution in [0.3, 0.4) is 0 Å². The highest BCUT2D eigenvalue weighted by atomic mass is 35.5. The number of pyridine rings is 2. The van der Waals surface area contributed by atoms with E-state index < -0.39 is 0 Å². The van der Waals surface area contributed by atoms with Crippen LogP contribution in [0.2, 0.25) is 5.02 Å². The molecule has 8 heteroatoms. The van der Waals surface area contributed by atoms with E-state index >= 15 is 0 Å². The standard InChI is InChI=1S/C28H24ClN5O2/c1-34-26-10-9-22(17-24(26)33-28(34)32-21-7-5-20(29)6-8-21)36-23-13-16-31-25(18-23)27(35)4-2-3-19-11-14-30-15-12-19/h5-18H,2-4H2,1H3,(H,32,33). The fourth-order valence-corrected chi connectivity index (χ4v) is 4.04. The van der Waals surface area contributed by atoms with E-state index in [1.807, 2.05) is 66.2 Å². The normalized spacial score (nSPS) is 10.9. The summed E-state index contributed by atoms with van der Waals surface area (Å²) in [6.07, 6.45) is 7.11. The second kappa shape index (κ2) is 10.6. The average molecular weight is 498 g/mol. The van der Waals surface area contributed by atoms with Gasteiger partial charge < -0.3 is 14.6 Å². The van der Waals surface area contributed by atoms with Crippen molar-refractivity contribution >= 4 is 40.1 Å². The van der Waals surface area contributed by atoms with Crippen LogP contribution in [0.1, 0.15) is 28.9 Å². The van der Waals surface area contributed by atoms with Gasteiger partial charge in [-0.3, -0.25) is 14.8 Å². The quantitative estimate of drug-likeness (QED) is 0.226. The van der Waals surface area contributed by atoms with Crippen LogP contribution in [0.15, 0.2) is 85.3 Å². The van der Waals surface area contributed by atoms with Gasteiger partial charge in [0.05, 0.1) is 11.0 Å². The third-order valence-electron chi connectivity index (χ3n) is 5.82. The van der Waals surface area contributed by atoms with Crippen molar-refractivity contribution in [3.05, 3.63) is 102 Å². The molecule has 5 rings (SSSR count). The molecule has 0 spiro atoms. The zero-order valence-corrected chi connectivity index (χ0v) is 20.4. The Hall–Kier alpha value is -4.23. The molecule has 0 amide bonds. The molecule has 3 heterocycles. The number of carbonyl (C=O) groups is 1. The second-order valence-corrected chi connectivity index (χ2v) is 8.82. The van der Waals surface area contributed by atoms with Gasteiger partial charge in [-0.2, -0.15) is 0 Å². The van der Waals surface area contributed by atoms with Crippen molar-refractivity contribution in [2.75, 3.05) is 5.32 Å². The van der Waals surface area contributed by atoms with Crippen molar-refractivity contribution in [1.82, 2.24) is 19.5 Å². The van der Waals surface area contributed by atoms with E-state index in [9.17, 15) is 4.79 Å². The van der Waals surface area contributed by atoms with Crippen LogP contribution in [0.5, 0.6) is 11.5 Å². The van der Waals surface area contributed by atoms with Crippen molar-refractivity contribution < 1.29 is 9.53 Å². The SMILES string of the molecule is Cn1c(Nc2ccc(Cl)cc2)nc2cc(Oc3ccnc(C(=O)CCCc4ccncc4)c3)ccc21. The van der Waals surface area contributed by atoms with E-state index in [1.165, 1.54) is 5.56 Å². The van der Waals surface area contributed by atoms with Gasteiger partial charge in [0.15, 0.2) is 5.78 Å². The van der Waals surface area contributed by atoms with Gasteiger partial charge in [-0.05, 0) is 73.0 Å². The van der Waals surface area contributed by atoms with E-state index in [-0.39, 0.29) is 5.78 Å². The molecule has 3 aromatic heterocycles. The number of anilines is 2. The number of fused-ring (bicyclic) bond motifs is 1. The monoisotopic (exact) mass is 497 g/mol. The van der Waals surface area contributed by atoms with E-state index in [2.05, 4.69) is 15.3 Å². The number of aryl methyl sites for hydroxylation is 2. The highest BCUT2D eigenvalue weighted by Gasteiger charge is 2.12. The molecule has 0 unspecified atom stereocenters. The first-order valence-corrected chi connectivity index (χ1v) is 12.0. The molecular weight excluding hydrogens is 474 g/mol. The van der Waals surface area contributed by atoms with Gasteiger partial charge in [0, 0.05) is 54.9 Å². The summed E-state index contributed by atoms with van der Waals surface area (Å²) in [6, 6.07) is 20.5. The number of rotatable bonds is 9. The lowest BCUT2D eigenvalue weighted by Gasteiger charge is -2.07. The predicted molar refractivity (Wildman–Crippen MR) is 141 cm³/mol. The lowest BCUT2D eigenvalue weighted by Crippen LogP contribution is -2.03. The first kappa shape index (κ1) is 23.5. The topological polar surface area (TPSA) is 81.9 Å². The molecule has 7 nitrogen and oxygen atoms in total. The number of benzene rings is 2. The molecule has 1 N–H and O–H groups in total. The number of hydrogen-bond donors (Lipinski definition) is 1. The molecule has 0 bridgehead atoms. The number of ether oxygens (including phenoxy) is 1. The fraction of sp³-hybridized carbons (Fsp3) is 0.143. The van der Waals surface area contributed by atoms with Crippen molar-refractivity contribution in [3.63, 3.8) is 0 Å². The van der Waals surface area contributed by atoms with Gasteiger partial charge in [0.1, 0.15) is 17.2 Å². The maximum Gasteiger partial charge on any atom is 0.208 e. The predicted octanol–water partition coefficient (Wildman–Crippen LogP) is 6.76. The first-order chi connectivity index (χ1) is 17.5. The molecular formula is C28H24ClN5O2. The van der Waals surface area contributed by atoms with Crippen molar-refractivity contribution in [2.24, 2.45) is 7.05 Å². The Morgan fingerprint density at radius 2 is 1.75 bits per heavy atom. The van der Waals surface area contributed by atoms with Gasteiger partial charge >= 0.3 is 0 Å². The van der Waals surface area contributed by atoms with Gasteiger partial charge in [0.25, 0.3) is 0 Å². The van der Waals surface area contributed by atoms with Gasteiger partial charge in [-0.15, -0.1) is 0 Å². The average Bonchev–Trinajstić information content (AvgIpc) is 3.20. The summed E-state index contributed by atoms with van der Waals surface area (Å²) in [5, 5.41) is 3.99. The van der Waals surface area contributed by atoms with E-state index in [4.69, 9.17) is 21.3 Å². The largest absolute Gasteiger partial charge is 0.457 e. The third kappa shape index (κ3) is 5.53. The first-order valence-electron chi connectivity index (χ1n) is 11.6. The van der Waals surface area contributed by atoms with Crippen LogP contribution in [0, 0.1) is 0 Å². The molecule has 2 aromatic carbocycles. The second-order valence-electron chi connectivity index (χ2n) is 8.39. The number of hydrogen-bond acceptors (Lipinski definition) is 6. The summed E-state index contributed by atoms with van der Waals surface area (Å²) in [5.41, 5.74) is 4.20. The molecule has 180 valence electrons. The Morgan fingerprint density at radius 1 is 0.972 bits per heavy atom. The molecule has 0 saturated heterocycles. The number of carbonyl (C=O) groups excluding carboxylic acids is 1. The molecule has 0 radical (unpaired) electrons. The lowest BCUT2D eigenvalue weighted by atomic mass is 10.1. The van der Waals surface area contributed by atoms with Crippen molar-refractivity contribution in [3.8, 4) is 11.5 Å². The maximum absolute atomic E-state index is 12.7. The van der Waals surface area contributed by atoms with E-state index in [0.717, 1.165) is 29.6 Å². The Bertz CT molecular complexity index is 1500. The molecule has 0 fully saturated rings. The minimum Gasteiger partial charge on any atom is -0.457 e. The van der Waals surface area contributed by atoms with Crippen molar-refractivity contribution in [1.29, 1.82) is 0 Å². The van der Waals surface area contributed by atoms with Crippen LogP contribution in [-0.2, 0) is 13.5 Å². The highest BCUT2D eigenvalue weighted by Crippen LogP contribution is 2.28. The lowest BCUT2D eigenvalue weighted by molar-refractivity contribution is 0.0975. The third-order valence-corrected chi connectivity index (χ3v) is 6.08. The van der Waals surface area contributed by atoms with Crippen LogP contribution in [0.4, 0.5) is 11.6 Å². The summed E-state index contributed by atoms with van der Waals surface area (Å²) < 4.78 is 8.02. The maximum atomic E-state index is 12.7. The fourth-order valence-electron chi connectivity index (χ4n) is 3.91. The van der Waals surface area contributed by atoms with E-state index in [0.29, 0.717) is 34.6 Å². The summed E-state index contributed by atoms with van der Waals surface area (Å²) >= 11 is 5.98. The number of imidazole rings is 1. The number of Topliss-reactive ketones (excluding diaryl/α,β-unsaturated/α-hetero) is 1. The van der Waals surface area contributed by atoms with Crippen molar-refractivity contribution in [2.45, 2.75) is 19.3 Å². The zero-order valence-electron chi connectivity index (χ0n) is 19.7. The summed E-state index contributed by atoms with van der Waals surface area (Å²) in [6.45, 7) is 0. The zero-order chi connectivity index (χ0) is 24.9. The van der Waals surface area contributed by atoms with Crippen LogP contribution < -0.4 is 10.1 Å². The Morgan fingerprint density at radius 3 is 2.56 bits per heavy atom. The molecule has 36 heavy (non-hydrogen) atoms. The number of halogens is 1.